The highest BCUT2D eigenvalue weighted by Gasteiger charge is 2.39. The molecule has 1 unspecified atom stereocenters. The van der Waals surface area contributed by atoms with Gasteiger partial charge in [0, 0.05) is 0 Å². The lowest BCUT2D eigenvalue weighted by Gasteiger charge is -2.39. The number of unbranched alkanes of at least 4 members (excludes halogenated alkanes) is 2. The second kappa shape index (κ2) is 9.34. The summed E-state index contributed by atoms with van der Waals surface area (Å²) in [7, 11) is -1.84. The summed E-state index contributed by atoms with van der Waals surface area (Å²) < 4.78 is 26.2. The Morgan fingerprint density at radius 3 is 2.42 bits per heavy atom. The summed E-state index contributed by atoms with van der Waals surface area (Å²) in [5, 5.41) is 0.176. The van der Waals surface area contributed by atoms with Gasteiger partial charge in [-0.1, -0.05) is 47.0 Å². The van der Waals surface area contributed by atoms with Crippen molar-refractivity contribution >= 4 is 24.2 Å². The molecule has 2 nitrogen and oxygen atoms in total. The van der Waals surface area contributed by atoms with Crippen LogP contribution in [0.1, 0.15) is 53.4 Å². The zero-order valence-electron chi connectivity index (χ0n) is 15.9. The third kappa shape index (κ3) is 6.85. The van der Waals surface area contributed by atoms with Crippen LogP contribution in [0, 0.1) is 5.82 Å². The summed E-state index contributed by atoms with van der Waals surface area (Å²) in [4.78, 5) is 0. The van der Waals surface area contributed by atoms with Crippen LogP contribution in [0.3, 0.4) is 0 Å². The zero-order chi connectivity index (χ0) is 18.4. The molecule has 1 rings (SSSR count). The smallest absolute Gasteiger partial charge is 0.192 e. The molecule has 138 valence electrons. The van der Waals surface area contributed by atoms with E-state index in [9.17, 15) is 4.39 Å². The maximum atomic E-state index is 13.3. The van der Waals surface area contributed by atoms with Gasteiger partial charge >= 0.3 is 0 Å². The summed E-state index contributed by atoms with van der Waals surface area (Å²) >= 11 is 3.20. The number of ether oxygens (including phenoxy) is 1. The van der Waals surface area contributed by atoms with Crippen LogP contribution in [-0.4, -0.2) is 21.0 Å². The van der Waals surface area contributed by atoms with Gasteiger partial charge in [0.2, 0.25) is 0 Å². The number of hydrogen-bond acceptors (Lipinski definition) is 2. The van der Waals surface area contributed by atoms with E-state index in [1.165, 1.54) is 18.9 Å². The minimum Gasteiger partial charge on any atom is -0.491 e. The molecule has 0 heterocycles. The van der Waals surface area contributed by atoms with Crippen molar-refractivity contribution in [1.29, 1.82) is 0 Å². The molecule has 1 aromatic rings. The highest BCUT2D eigenvalue weighted by atomic mass is 79.9. The van der Waals surface area contributed by atoms with Crippen molar-refractivity contribution < 1.29 is 13.6 Å². The molecular formula is C19H32BrFO2Si. The first kappa shape index (κ1) is 21.6. The molecule has 0 bridgehead atoms. The van der Waals surface area contributed by atoms with E-state index < -0.39 is 8.32 Å². The summed E-state index contributed by atoms with van der Waals surface area (Å²) in [5.74, 6) is 0.391. The van der Waals surface area contributed by atoms with Gasteiger partial charge in [-0.3, -0.25) is 0 Å². The molecule has 1 atom stereocenters. The third-order valence-corrected chi connectivity index (χ3v) is 9.87. The molecule has 0 saturated heterocycles. The average molecular weight is 419 g/mol. The molecule has 0 N–H and O–H groups in total. The Morgan fingerprint density at radius 1 is 1.21 bits per heavy atom. The average Bonchev–Trinajstić information content (AvgIpc) is 2.47. The SMILES string of the molecule is CCCCCC(COc1ccc(F)c(Br)c1)O[Si](C)(C)C(C)(C)C. The van der Waals surface area contributed by atoms with E-state index in [1.54, 1.807) is 12.1 Å². The second-order valence-electron chi connectivity index (χ2n) is 7.88. The van der Waals surface area contributed by atoms with Gasteiger partial charge in [0.25, 0.3) is 0 Å². The number of halogens is 2. The first-order valence-electron chi connectivity index (χ1n) is 8.82. The van der Waals surface area contributed by atoms with E-state index in [-0.39, 0.29) is 17.0 Å². The summed E-state index contributed by atoms with van der Waals surface area (Å²) in [6.07, 6.45) is 4.63. The van der Waals surface area contributed by atoms with E-state index in [4.69, 9.17) is 9.16 Å². The minimum atomic E-state index is -1.84. The lowest BCUT2D eigenvalue weighted by Crippen LogP contribution is -2.45. The van der Waals surface area contributed by atoms with Gasteiger partial charge in [-0.2, -0.15) is 0 Å². The molecule has 24 heavy (non-hydrogen) atoms. The van der Waals surface area contributed by atoms with Gasteiger partial charge in [-0.15, -0.1) is 0 Å². The second-order valence-corrected chi connectivity index (χ2v) is 13.5. The molecule has 0 aliphatic heterocycles. The number of rotatable bonds is 9. The molecule has 0 saturated carbocycles. The topological polar surface area (TPSA) is 18.5 Å². The Morgan fingerprint density at radius 2 is 1.88 bits per heavy atom. The Balaban J connectivity index is 2.72. The van der Waals surface area contributed by atoms with Crippen LogP contribution in [0.25, 0.3) is 0 Å². The summed E-state index contributed by atoms with van der Waals surface area (Å²) in [6, 6.07) is 4.75. The monoisotopic (exact) mass is 418 g/mol. The molecule has 0 radical (unpaired) electrons. The fourth-order valence-corrected chi connectivity index (χ4v) is 3.88. The van der Waals surface area contributed by atoms with Crippen LogP contribution >= 0.6 is 15.9 Å². The van der Waals surface area contributed by atoms with Crippen molar-refractivity contribution in [1.82, 2.24) is 0 Å². The molecule has 0 spiro atoms. The first-order chi connectivity index (χ1) is 11.1. The Hall–Kier alpha value is -0.393. The van der Waals surface area contributed by atoms with Crippen molar-refractivity contribution in [2.75, 3.05) is 6.61 Å². The molecule has 0 aromatic heterocycles. The normalized spacial score (nSPS) is 13.8. The lowest BCUT2D eigenvalue weighted by molar-refractivity contribution is 0.105. The van der Waals surface area contributed by atoms with Crippen LogP contribution in [0.5, 0.6) is 5.75 Å². The maximum absolute atomic E-state index is 13.3. The van der Waals surface area contributed by atoms with E-state index >= 15 is 0 Å². The van der Waals surface area contributed by atoms with E-state index in [1.807, 2.05) is 0 Å². The summed E-state index contributed by atoms with van der Waals surface area (Å²) in [6.45, 7) is 14.0. The number of hydrogen-bond donors (Lipinski definition) is 0. The van der Waals surface area contributed by atoms with Crippen molar-refractivity contribution in [2.45, 2.75) is 77.6 Å². The van der Waals surface area contributed by atoms with Crippen molar-refractivity contribution in [3.63, 3.8) is 0 Å². The molecular weight excluding hydrogens is 387 g/mol. The minimum absolute atomic E-state index is 0.0845. The van der Waals surface area contributed by atoms with Crippen LogP contribution in [0.15, 0.2) is 22.7 Å². The van der Waals surface area contributed by atoms with E-state index in [0.717, 1.165) is 12.8 Å². The first-order valence-corrected chi connectivity index (χ1v) is 12.5. The van der Waals surface area contributed by atoms with Gasteiger partial charge in [0.05, 0.1) is 10.6 Å². The molecule has 0 amide bonds. The van der Waals surface area contributed by atoms with Crippen molar-refractivity contribution in [3.05, 3.63) is 28.5 Å². The molecule has 1 aromatic carbocycles. The zero-order valence-corrected chi connectivity index (χ0v) is 18.5. The van der Waals surface area contributed by atoms with E-state index in [2.05, 4.69) is 56.7 Å². The van der Waals surface area contributed by atoms with Crippen molar-refractivity contribution in [2.24, 2.45) is 0 Å². The van der Waals surface area contributed by atoms with Gasteiger partial charge in [0.15, 0.2) is 8.32 Å². The van der Waals surface area contributed by atoms with E-state index in [0.29, 0.717) is 16.8 Å². The quantitative estimate of drug-likeness (QED) is 0.319. The molecule has 0 aliphatic carbocycles. The van der Waals surface area contributed by atoms with Gasteiger partial charge in [-0.25, -0.2) is 4.39 Å². The van der Waals surface area contributed by atoms with Crippen molar-refractivity contribution in [3.8, 4) is 5.75 Å². The fourth-order valence-electron chi connectivity index (χ4n) is 2.15. The van der Waals surface area contributed by atoms with Crippen LogP contribution in [0.2, 0.25) is 18.1 Å². The van der Waals surface area contributed by atoms with Gasteiger partial charge in [-0.05, 0) is 58.7 Å². The fraction of sp³-hybridized carbons (Fsp3) is 0.684. The standard InChI is InChI=1S/C19H32BrFO2Si/c1-7-8-9-10-16(23-24(5,6)19(2,3)4)14-22-15-11-12-18(21)17(20)13-15/h11-13,16H,7-10,14H2,1-6H3. The molecule has 5 heteroatoms. The number of benzene rings is 1. The van der Waals surface area contributed by atoms with Crippen LogP contribution in [0.4, 0.5) is 4.39 Å². The Kier molecular flexibility index (Phi) is 8.43. The Bertz CT molecular complexity index is 515. The Labute approximate surface area is 156 Å². The largest absolute Gasteiger partial charge is 0.491 e. The highest BCUT2D eigenvalue weighted by Crippen LogP contribution is 2.38. The predicted octanol–water partition coefficient (Wildman–Crippen LogP) is 6.94. The predicted molar refractivity (Wildman–Crippen MR) is 106 cm³/mol. The maximum Gasteiger partial charge on any atom is 0.192 e. The van der Waals surface area contributed by atoms with Gasteiger partial charge < -0.3 is 9.16 Å². The summed E-state index contributed by atoms with van der Waals surface area (Å²) in [5.41, 5.74) is 0. The highest BCUT2D eigenvalue weighted by molar-refractivity contribution is 9.10. The molecule has 0 fully saturated rings. The lowest BCUT2D eigenvalue weighted by atomic mass is 10.1. The van der Waals surface area contributed by atoms with Crippen LogP contribution < -0.4 is 4.74 Å². The molecule has 0 aliphatic rings. The van der Waals surface area contributed by atoms with Gasteiger partial charge in [0.1, 0.15) is 18.2 Å². The van der Waals surface area contributed by atoms with Crippen LogP contribution in [-0.2, 0) is 4.43 Å². The third-order valence-electron chi connectivity index (χ3n) is 4.72.